The molecule has 2 fully saturated rings. The predicted octanol–water partition coefficient (Wildman–Crippen LogP) is 2.39. The molecule has 2 nitrogen and oxygen atoms in total. The molecule has 0 unspecified atom stereocenters. The van der Waals surface area contributed by atoms with Gasteiger partial charge >= 0.3 is 0 Å². The first-order chi connectivity index (χ1) is 6.95. The van der Waals surface area contributed by atoms with Crippen LogP contribution in [0.15, 0.2) is 4.99 Å². The van der Waals surface area contributed by atoms with Crippen LogP contribution in [-0.2, 0) is 0 Å². The molecule has 0 spiro atoms. The van der Waals surface area contributed by atoms with E-state index >= 15 is 0 Å². The van der Waals surface area contributed by atoms with Gasteiger partial charge in [0.15, 0.2) is 0 Å². The Hall–Kier alpha value is -0.370. The molecule has 2 aliphatic rings. The van der Waals surface area contributed by atoms with Crippen molar-refractivity contribution in [1.29, 1.82) is 0 Å². The van der Waals surface area contributed by atoms with E-state index in [2.05, 4.69) is 11.5 Å². The van der Waals surface area contributed by atoms with E-state index in [0.717, 1.165) is 12.5 Å². The molecule has 0 aromatic carbocycles. The van der Waals surface area contributed by atoms with Crippen molar-refractivity contribution in [2.24, 2.45) is 10.9 Å². The van der Waals surface area contributed by atoms with Gasteiger partial charge in [0.1, 0.15) is 0 Å². The van der Waals surface area contributed by atoms with Crippen molar-refractivity contribution < 1.29 is 0 Å². The zero-order valence-electron chi connectivity index (χ0n) is 9.04. The van der Waals surface area contributed by atoms with E-state index in [0.29, 0.717) is 6.04 Å². The molecule has 0 aromatic rings. The summed E-state index contributed by atoms with van der Waals surface area (Å²) in [6, 6.07) is 0.575. The summed E-state index contributed by atoms with van der Waals surface area (Å²) in [5, 5.41) is 3.41. The normalized spacial score (nSPS) is 31.0. The van der Waals surface area contributed by atoms with Crippen molar-refractivity contribution in [3.8, 4) is 0 Å². The zero-order valence-corrected chi connectivity index (χ0v) is 9.04. The van der Waals surface area contributed by atoms with Crippen molar-refractivity contribution in [1.82, 2.24) is 5.32 Å². The second-order valence-electron chi connectivity index (χ2n) is 4.70. The molecular weight excluding hydrogens is 172 g/mol. The third-order valence-electron chi connectivity index (χ3n) is 3.43. The summed E-state index contributed by atoms with van der Waals surface area (Å²) in [6.45, 7) is 2.29. The van der Waals surface area contributed by atoms with Gasteiger partial charge in [0.05, 0.1) is 6.04 Å². The van der Waals surface area contributed by atoms with Gasteiger partial charge < -0.3 is 5.32 Å². The Kier molecular flexibility index (Phi) is 3.99. The van der Waals surface area contributed by atoms with Crippen LogP contribution >= 0.6 is 0 Å². The molecule has 1 aliphatic carbocycles. The maximum atomic E-state index is 4.72. The first kappa shape index (κ1) is 10.2. The summed E-state index contributed by atoms with van der Waals surface area (Å²) in [7, 11) is 0. The predicted molar refractivity (Wildman–Crippen MR) is 61.0 cm³/mol. The Morgan fingerprint density at radius 2 is 1.86 bits per heavy atom. The van der Waals surface area contributed by atoms with Crippen LogP contribution in [-0.4, -0.2) is 25.3 Å². The highest BCUT2D eigenvalue weighted by Gasteiger charge is 2.13. The van der Waals surface area contributed by atoms with Crippen molar-refractivity contribution in [2.45, 2.75) is 51.0 Å². The standard InChI is InChI=1S/C12H22N2/c1-2-5-11(6-3-1)9-14-12-7-4-8-13-10-12/h9,11-13H,1-8,10H2/t12-/m1/s1. The van der Waals surface area contributed by atoms with Crippen molar-refractivity contribution in [2.75, 3.05) is 13.1 Å². The number of piperidine rings is 1. The minimum Gasteiger partial charge on any atom is -0.315 e. The molecule has 14 heavy (non-hydrogen) atoms. The summed E-state index contributed by atoms with van der Waals surface area (Å²) in [5.41, 5.74) is 0. The van der Waals surface area contributed by atoms with Gasteiger partial charge in [-0.1, -0.05) is 19.3 Å². The largest absolute Gasteiger partial charge is 0.315 e. The third kappa shape index (κ3) is 3.09. The Balaban J connectivity index is 1.73. The van der Waals surface area contributed by atoms with E-state index < -0.39 is 0 Å². The van der Waals surface area contributed by atoms with E-state index in [1.807, 2.05) is 0 Å². The van der Waals surface area contributed by atoms with Gasteiger partial charge in [-0.25, -0.2) is 0 Å². The highest BCUT2D eigenvalue weighted by atomic mass is 14.9. The fourth-order valence-corrected chi connectivity index (χ4v) is 2.49. The monoisotopic (exact) mass is 194 g/mol. The number of nitrogens with zero attached hydrogens (tertiary/aromatic N) is 1. The van der Waals surface area contributed by atoms with Gasteiger partial charge in [-0.15, -0.1) is 0 Å². The van der Waals surface area contributed by atoms with E-state index in [9.17, 15) is 0 Å². The Morgan fingerprint density at radius 1 is 1.00 bits per heavy atom. The van der Waals surface area contributed by atoms with Crippen LogP contribution < -0.4 is 5.32 Å². The maximum Gasteiger partial charge on any atom is 0.0620 e. The summed E-state index contributed by atoms with van der Waals surface area (Å²) >= 11 is 0. The average Bonchev–Trinajstić information content (AvgIpc) is 2.29. The van der Waals surface area contributed by atoms with Gasteiger partial charge in [0.25, 0.3) is 0 Å². The molecule has 2 heteroatoms. The number of hydrogen-bond donors (Lipinski definition) is 1. The number of nitrogens with one attached hydrogen (secondary N) is 1. The molecule has 1 N–H and O–H groups in total. The van der Waals surface area contributed by atoms with E-state index in [1.165, 1.54) is 51.5 Å². The third-order valence-corrected chi connectivity index (χ3v) is 3.43. The lowest BCUT2D eigenvalue weighted by Crippen LogP contribution is -2.32. The number of rotatable bonds is 2. The second kappa shape index (κ2) is 5.50. The molecule has 80 valence electrons. The highest BCUT2D eigenvalue weighted by molar-refractivity contribution is 5.61. The van der Waals surface area contributed by atoms with Gasteiger partial charge in [0.2, 0.25) is 0 Å². The first-order valence-electron chi connectivity index (χ1n) is 6.19. The number of aliphatic imine (C=N–C) groups is 1. The average molecular weight is 194 g/mol. The van der Waals surface area contributed by atoms with E-state index in [4.69, 9.17) is 4.99 Å². The number of hydrogen-bond acceptors (Lipinski definition) is 2. The van der Waals surface area contributed by atoms with Gasteiger partial charge in [-0.3, -0.25) is 4.99 Å². The SMILES string of the molecule is C(=N[C@@H]1CCCNC1)C1CCCCC1. The Morgan fingerprint density at radius 3 is 2.57 bits per heavy atom. The van der Waals surface area contributed by atoms with Gasteiger partial charge in [-0.2, -0.15) is 0 Å². The molecule has 0 amide bonds. The highest BCUT2D eigenvalue weighted by Crippen LogP contribution is 2.22. The van der Waals surface area contributed by atoms with Gasteiger partial charge in [0, 0.05) is 12.8 Å². The lowest BCUT2D eigenvalue weighted by atomic mass is 9.90. The molecule has 1 saturated carbocycles. The Labute approximate surface area is 87.2 Å². The van der Waals surface area contributed by atoms with Crippen LogP contribution in [0.4, 0.5) is 0 Å². The van der Waals surface area contributed by atoms with E-state index in [-0.39, 0.29) is 0 Å². The molecule has 1 aliphatic heterocycles. The molecule has 0 radical (unpaired) electrons. The molecule has 1 atom stereocenters. The van der Waals surface area contributed by atoms with Crippen LogP contribution in [0.25, 0.3) is 0 Å². The minimum atomic E-state index is 0.575. The molecule has 2 rings (SSSR count). The summed E-state index contributed by atoms with van der Waals surface area (Å²) < 4.78 is 0. The summed E-state index contributed by atoms with van der Waals surface area (Å²) in [4.78, 5) is 4.72. The maximum absolute atomic E-state index is 4.72. The Bertz CT molecular complexity index is 157. The molecular formula is C12H22N2. The topological polar surface area (TPSA) is 24.4 Å². The fraction of sp³-hybridized carbons (Fsp3) is 0.917. The summed E-state index contributed by atoms with van der Waals surface area (Å²) in [6.07, 6.45) is 11.9. The molecule has 1 saturated heterocycles. The van der Waals surface area contributed by atoms with Crippen LogP contribution in [0.2, 0.25) is 0 Å². The van der Waals surface area contributed by atoms with Crippen LogP contribution in [0, 0.1) is 5.92 Å². The lowest BCUT2D eigenvalue weighted by molar-refractivity contribution is 0.434. The first-order valence-corrected chi connectivity index (χ1v) is 6.19. The zero-order chi connectivity index (χ0) is 9.64. The van der Waals surface area contributed by atoms with Crippen molar-refractivity contribution in [3.63, 3.8) is 0 Å². The van der Waals surface area contributed by atoms with Crippen LogP contribution in [0.5, 0.6) is 0 Å². The molecule has 0 aromatic heterocycles. The molecule has 0 bridgehead atoms. The van der Waals surface area contributed by atoms with Crippen LogP contribution in [0.1, 0.15) is 44.9 Å². The second-order valence-corrected chi connectivity index (χ2v) is 4.70. The smallest absolute Gasteiger partial charge is 0.0620 e. The minimum absolute atomic E-state index is 0.575. The fourth-order valence-electron chi connectivity index (χ4n) is 2.49. The quantitative estimate of drug-likeness (QED) is 0.671. The van der Waals surface area contributed by atoms with Crippen LogP contribution in [0.3, 0.4) is 0 Å². The van der Waals surface area contributed by atoms with Crippen molar-refractivity contribution >= 4 is 6.21 Å². The lowest BCUT2D eigenvalue weighted by Gasteiger charge is -2.21. The van der Waals surface area contributed by atoms with Gasteiger partial charge in [-0.05, 0) is 38.1 Å². The van der Waals surface area contributed by atoms with Crippen molar-refractivity contribution in [3.05, 3.63) is 0 Å². The molecule has 1 heterocycles. The summed E-state index contributed by atoms with van der Waals surface area (Å²) in [5.74, 6) is 0.797. The van der Waals surface area contributed by atoms with E-state index in [1.54, 1.807) is 0 Å².